The zero-order chi connectivity index (χ0) is 14.3. The van der Waals surface area contributed by atoms with Gasteiger partial charge in [-0.05, 0) is 23.3 Å². The van der Waals surface area contributed by atoms with Crippen LogP contribution in [0, 0.1) is 0 Å². The SMILES string of the molecule is c1cncc(CSc2ncccc2CN2CCNCC2)c1. The number of nitrogens with zero attached hydrogens (tertiary/aromatic N) is 3. The molecule has 2 aromatic heterocycles. The van der Waals surface area contributed by atoms with Crippen molar-refractivity contribution in [3.8, 4) is 0 Å². The molecule has 1 fully saturated rings. The van der Waals surface area contributed by atoms with E-state index >= 15 is 0 Å². The van der Waals surface area contributed by atoms with E-state index in [1.54, 1.807) is 11.8 Å². The fourth-order valence-corrected chi connectivity index (χ4v) is 3.35. The molecule has 5 heteroatoms. The summed E-state index contributed by atoms with van der Waals surface area (Å²) >= 11 is 1.80. The van der Waals surface area contributed by atoms with Crippen LogP contribution in [0.5, 0.6) is 0 Å². The lowest BCUT2D eigenvalue weighted by Gasteiger charge is -2.27. The first-order valence-electron chi connectivity index (χ1n) is 7.30. The zero-order valence-electron chi connectivity index (χ0n) is 12.0. The highest BCUT2D eigenvalue weighted by Crippen LogP contribution is 2.24. The van der Waals surface area contributed by atoms with Crippen LogP contribution in [0.4, 0.5) is 0 Å². The summed E-state index contributed by atoms with van der Waals surface area (Å²) in [6.45, 7) is 5.38. The van der Waals surface area contributed by atoms with Crippen molar-refractivity contribution in [1.82, 2.24) is 20.2 Å². The average molecular weight is 300 g/mol. The topological polar surface area (TPSA) is 41.1 Å². The highest BCUT2D eigenvalue weighted by molar-refractivity contribution is 7.98. The number of aromatic nitrogens is 2. The highest BCUT2D eigenvalue weighted by atomic mass is 32.2. The van der Waals surface area contributed by atoms with E-state index in [4.69, 9.17) is 0 Å². The number of hydrogen-bond acceptors (Lipinski definition) is 5. The van der Waals surface area contributed by atoms with E-state index in [-0.39, 0.29) is 0 Å². The fraction of sp³-hybridized carbons (Fsp3) is 0.375. The Morgan fingerprint density at radius 2 is 2.00 bits per heavy atom. The molecular weight excluding hydrogens is 280 g/mol. The number of rotatable bonds is 5. The van der Waals surface area contributed by atoms with E-state index in [2.05, 4.69) is 32.3 Å². The van der Waals surface area contributed by atoms with Crippen LogP contribution in [-0.4, -0.2) is 41.0 Å². The van der Waals surface area contributed by atoms with E-state index in [9.17, 15) is 0 Å². The summed E-state index contributed by atoms with van der Waals surface area (Å²) in [7, 11) is 0. The van der Waals surface area contributed by atoms with Crippen LogP contribution in [0.1, 0.15) is 11.1 Å². The highest BCUT2D eigenvalue weighted by Gasteiger charge is 2.12. The Hall–Kier alpha value is -1.43. The Bertz CT molecular complexity index is 555. The largest absolute Gasteiger partial charge is 0.314 e. The van der Waals surface area contributed by atoms with Gasteiger partial charge in [0.1, 0.15) is 5.03 Å². The van der Waals surface area contributed by atoms with Crippen molar-refractivity contribution in [2.75, 3.05) is 26.2 Å². The first kappa shape index (κ1) is 14.5. The van der Waals surface area contributed by atoms with E-state index in [0.29, 0.717) is 0 Å². The van der Waals surface area contributed by atoms with Crippen molar-refractivity contribution in [3.05, 3.63) is 54.0 Å². The third-order valence-electron chi connectivity index (χ3n) is 3.55. The standard InChI is InChI=1S/C16H20N4S/c1-3-14(11-18-5-1)13-21-16-15(4-2-6-19-16)12-20-9-7-17-8-10-20/h1-6,11,17H,7-10,12-13H2. The second-order valence-corrected chi connectivity index (χ2v) is 6.11. The molecule has 2 aromatic rings. The second-order valence-electron chi connectivity index (χ2n) is 5.14. The summed E-state index contributed by atoms with van der Waals surface area (Å²) < 4.78 is 0. The molecule has 0 atom stereocenters. The molecule has 0 spiro atoms. The van der Waals surface area contributed by atoms with Crippen molar-refractivity contribution in [2.45, 2.75) is 17.3 Å². The number of thioether (sulfide) groups is 1. The third kappa shape index (κ3) is 4.27. The van der Waals surface area contributed by atoms with Crippen LogP contribution < -0.4 is 5.32 Å². The molecule has 3 rings (SSSR count). The van der Waals surface area contributed by atoms with Gasteiger partial charge in [0, 0.05) is 57.1 Å². The molecule has 1 N–H and O–H groups in total. The van der Waals surface area contributed by atoms with Crippen molar-refractivity contribution in [3.63, 3.8) is 0 Å². The molecule has 0 bridgehead atoms. The summed E-state index contributed by atoms with van der Waals surface area (Å²) in [4.78, 5) is 11.2. The Balaban J connectivity index is 1.64. The quantitative estimate of drug-likeness (QED) is 0.857. The van der Waals surface area contributed by atoms with Gasteiger partial charge in [-0.1, -0.05) is 12.1 Å². The third-order valence-corrected chi connectivity index (χ3v) is 4.67. The predicted octanol–water partition coefficient (Wildman–Crippen LogP) is 2.17. The monoisotopic (exact) mass is 300 g/mol. The number of piperazine rings is 1. The van der Waals surface area contributed by atoms with Crippen LogP contribution in [-0.2, 0) is 12.3 Å². The number of nitrogens with one attached hydrogen (secondary N) is 1. The van der Waals surface area contributed by atoms with Crippen LogP contribution >= 0.6 is 11.8 Å². The van der Waals surface area contributed by atoms with Gasteiger partial charge in [-0.3, -0.25) is 9.88 Å². The molecule has 3 heterocycles. The molecule has 0 saturated carbocycles. The number of hydrogen-bond donors (Lipinski definition) is 1. The van der Waals surface area contributed by atoms with Crippen molar-refractivity contribution in [2.24, 2.45) is 0 Å². The van der Waals surface area contributed by atoms with Crippen molar-refractivity contribution < 1.29 is 0 Å². The predicted molar refractivity (Wildman–Crippen MR) is 86.2 cm³/mol. The van der Waals surface area contributed by atoms with Crippen molar-refractivity contribution in [1.29, 1.82) is 0 Å². The summed E-state index contributed by atoms with van der Waals surface area (Å²) in [6.07, 6.45) is 5.61. The molecule has 0 unspecified atom stereocenters. The summed E-state index contributed by atoms with van der Waals surface area (Å²) in [5, 5.41) is 4.53. The molecule has 21 heavy (non-hydrogen) atoms. The molecule has 0 radical (unpaired) electrons. The normalized spacial score (nSPS) is 16.0. The van der Waals surface area contributed by atoms with Gasteiger partial charge in [0.25, 0.3) is 0 Å². The zero-order valence-corrected chi connectivity index (χ0v) is 12.9. The first-order chi connectivity index (χ1) is 10.4. The van der Waals surface area contributed by atoms with E-state index in [1.807, 2.05) is 30.7 Å². The lowest BCUT2D eigenvalue weighted by molar-refractivity contribution is 0.231. The first-order valence-corrected chi connectivity index (χ1v) is 8.29. The lowest BCUT2D eigenvalue weighted by Crippen LogP contribution is -2.42. The number of pyridine rings is 2. The summed E-state index contributed by atoms with van der Waals surface area (Å²) in [6, 6.07) is 8.32. The molecule has 0 amide bonds. The van der Waals surface area contributed by atoms with E-state index < -0.39 is 0 Å². The fourth-order valence-electron chi connectivity index (χ4n) is 2.42. The molecule has 1 aliphatic rings. The van der Waals surface area contributed by atoms with Gasteiger partial charge >= 0.3 is 0 Å². The maximum atomic E-state index is 4.56. The lowest BCUT2D eigenvalue weighted by atomic mass is 10.2. The minimum absolute atomic E-state index is 0.916. The van der Waals surface area contributed by atoms with Crippen molar-refractivity contribution >= 4 is 11.8 Å². The van der Waals surface area contributed by atoms with Crippen LogP contribution in [0.2, 0.25) is 0 Å². The molecule has 110 valence electrons. The molecule has 1 saturated heterocycles. The van der Waals surface area contributed by atoms with Gasteiger partial charge in [0.05, 0.1) is 0 Å². The van der Waals surface area contributed by atoms with Gasteiger partial charge < -0.3 is 5.32 Å². The van der Waals surface area contributed by atoms with E-state index in [0.717, 1.165) is 43.5 Å². The average Bonchev–Trinajstić information content (AvgIpc) is 2.56. The summed E-state index contributed by atoms with van der Waals surface area (Å²) in [5.74, 6) is 0.916. The Labute approximate surface area is 130 Å². The van der Waals surface area contributed by atoms with E-state index in [1.165, 1.54) is 11.1 Å². The Morgan fingerprint density at radius 1 is 1.14 bits per heavy atom. The van der Waals surface area contributed by atoms with Gasteiger partial charge in [0.2, 0.25) is 0 Å². The second kappa shape index (κ2) is 7.54. The minimum atomic E-state index is 0.916. The summed E-state index contributed by atoms with van der Waals surface area (Å²) in [5.41, 5.74) is 2.56. The van der Waals surface area contributed by atoms with Crippen LogP contribution in [0.25, 0.3) is 0 Å². The van der Waals surface area contributed by atoms with Gasteiger partial charge in [-0.15, -0.1) is 11.8 Å². The van der Waals surface area contributed by atoms with Crippen LogP contribution in [0.15, 0.2) is 47.9 Å². The van der Waals surface area contributed by atoms with Gasteiger partial charge in [-0.25, -0.2) is 4.98 Å². The molecule has 0 aliphatic carbocycles. The Kier molecular flexibility index (Phi) is 5.21. The maximum Gasteiger partial charge on any atom is 0.101 e. The Morgan fingerprint density at radius 3 is 2.81 bits per heavy atom. The molecule has 4 nitrogen and oxygen atoms in total. The minimum Gasteiger partial charge on any atom is -0.314 e. The van der Waals surface area contributed by atoms with Gasteiger partial charge in [0.15, 0.2) is 0 Å². The molecular formula is C16H20N4S. The maximum absolute atomic E-state index is 4.56. The van der Waals surface area contributed by atoms with Gasteiger partial charge in [-0.2, -0.15) is 0 Å². The smallest absolute Gasteiger partial charge is 0.101 e. The molecule has 0 aromatic carbocycles. The molecule has 1 aliphatic heterocycles. The van der Waals surface area contributed by atoms with Crippen LogP contribution in [0.3, 0.4) is 0 Å².